The predicted octanol–water partition coefficient (Wildman–Crippen LogP) is 3.92. The van der Waals surface area contributed by atoms with Crippen LogP contribution in [0.15, 0.2) is 17.3 Å². The molecule has 0 bridgehead atoms. The number of carboxylic acids is 2. The molecule has 212 valence electrons. The first-order valence-electron chi connectivity index (χ1n) is 14.2. The molecule has 0 unspecified atom stereocenters. The lowest BCUT2D eigenvalue weighted by Gasteiger charge is -2.61. The summed E-state index contributed by atoms with van der Waals surface area (Å²) in [4.78, 5) is 37.7. The number of carboxylic acid groups (broad SMARTS) is 2. The summed E-state index contributed by atoms with van der Waals surface area (Å²) in [6.07, 6.45) is 11.3. The monoisotopic (exact) mass is 532 g/mol. The number of carbonyl (C=O) groups is 3. The minimum atomic E-state index is -1.26. The third-order valence-electron chi connectivity index (χ3n) is 10.5. The van der Waals surface area contributed by atoms with Gasteiger partial charge < -0.3 is 25.1 Å². The normalized spacial score (nSPS) is 41.1. The Morgan fingerprint density at radius 2 is 1.79 bits per heavy atom. The van der Waals surface area contributed by atoms with Gasteiger partial charge in [0.25, 0.3) is 0 Å². The van der Waals surface area contributed by atoms with Gasteiger partial charge in [-0.1, -0.05) is 19.0 Å². The van der Waals surface area contributed by atoms with Crippen molar-refractivity contribution in [3.63, 3.8) is 0 Å². The highest BCUT2D eigenvalue weighted by Crippen LogP contribution is 2.66. The third kappa shape index (κ3) is 5.83. The zero-order chi connectivity index (χ0) is 27.5. The first-order valence-corrected chi connectivity index (χ1v) is 14.2. The second kappa shape index (κ2) is 11.9. The van der Waals surface area contributed by atoms with Gasteiger partial charge in [-0.15, -0.1) is 0 Å². The molecular formula is C29H44N2O7. The largest absolute Gasteiger partial charge is 0.478 e. The van der Waals surface area contributed by atoms with Gasteiger partial charge in [-0.05, 0) is 86.5 Å². The number of aliphatic carboxylic acids is 2. The zero-order valence-electron chi connectivity index (χ0n) is 23.0. The Labute approximate surface area is 225 Å². The Morgan fingerprint density at radius 3 is 2.42 bits per heavy atom. The van der Waals surface area contributed by atoms with Crippen molar-refractivity contribution < 1.29 is 34.2 Å². The van der Waals surface area contributed by atoms with Crippen LogP contribution in [0.4, 0.5) is 0 Å². The standard InChI is InChI=1S/C25H40N2O3.C4H4O4/c1-24-9-6-17(27-30-18-8-11-26-14-18)13-22(24)16(15-29-3)12-19-20-4-5-23(28)25(20,2)10-7-21(19)24;5-3(6)1-2-4(7)8/h16,18-22,26H,4-15H2,1-3H3;1-2H,(H,5,6)(H,7,8)/b27-17+;2-1+/t16-,18-,19+,20+,21+,22-,24-,25+;/m1./s1. The molecule has 0 spiro atoms. The van der Waals surface area contributed by atoms with E-state index in [1.165, 1.54) is 25.0 Å². The number of hydrogen-bond donors (Lipinski definition) is 3. The van der Waals surface area contributed by atoms with E-state index >= 15 is 0 Å². The van der Waals surface area contributed by atoms with Crippen LogP contribution in [0.2, 0.25) is 0 Å². The number of fused-ring (bicyclic) bond motifs is 5. The molecule has 0 amide bonds. The summed E-state index contributed by atoms with van der Waals surface area (Å²) in [7, 11) is 1.85. The molecule has 5 aliphatic rings. The number of Topliss-reactive ketones (excluding diaryl/α,β-unsaturated/α-hetero) is 1. The Kier molecular flexibility index (Phi) is 8.97. The van der Waals surface area contributed by atoms with Crippen molar-refractivity contribution >= 4 is 23.4 Å². The van der Waals surface area contributed by atoms with Crippen LogP contribution in [0.25, 0.3) is 0 Å². The molecule has 0 aromatic heterocycles. The maximum Gasteiger partial charge on any atom is 0.328 e. The van der Waals surface area contributed by atoms with Crippen LogP contribution in [0.5, 0.6) is 0 Å². The molecule has 0 aromatic rings. The maximum absolute atomic E-state index is 12.7. The van der Waals surface area contributed by atoms with Crippen LogP contribution < -0.4 is 5.32 Å². The molecule has 38 heavy (non-hydrogen) atoms. The molecule has 4 saturated carbocycles. The molecule has 5 rings (SSSR count). The average Bonchev–Trinajstić information content (AvgIpc) is 3.50. The Morgan fingerprint density at radius 1 is 1.05 bits per heavy atom. The van der Waals surface area contributed by atoms with Crippen LogP contribution in [-0.2, 0) is 24.0 Å². The highest BCUT2D eigenvalue weighted by molar-refractivity contribution is 5.89. The lowest BCUT2D eigenvalue weighted by Crippen LogP contribution is -2.57. The van der Waals surface area contributed by atoms with Gasteiger partial charge >= 0.3 is 11.9 Å². The zero-order valence-corrected chi connectivity index (χ0v) is 23.0. The van der Waals surface area contributed by atoms with E-state index in [1.807, 2.05) is 7.11 Å². The van der Waals surface area contributed by atoms with E-state index in [4.69, 9.17) is 19.8 Å². The third-order valence-corrected chi connectivity index (χ3v) is 10.5. The van der Waals surface area contributed by atoms with Gasteiger partial charge in [-0.25, -0.2) is 9.59 Å². The van der Waals surface area contributed by atoms with Crippen molar-refractivity contribution in [3.8, 4) is 0 Å². The van der Waals surface area contributed by atoms with Crippen molar-refractivity contribution in [1.29, 1.82) is 0 Å². The number of hydrogen-bond acceptors (Lipinski definition) is 7. The summed E-state index contributed by atoms with van der Waals surface area (Å²) >= 11 is 0. The van der Waals surface area contributed by atoms with Crippen molar-refractivity contribution in [3.05, 3.63) is 12.2 Å². The second-order valence-electron chi connectivity index (χ2n) is 12.4. The molecular weight excluding hydrogens is 488 g/mol. The maximum atomic E-state index is 12.7. The summed E-state index contributed by atoms with van der Waals surface area (Å²) in [5, 5.41) is 23.6. The van der Waals surface area contributed by atoms with Gasteiger partial charge in [-0.3, -0.25) is 4.79 Å². The van der Waals surface area contributed by atoms with E-state index < -0.39 is 11.9 Å². The van der Waals surface area contributed by atoms with Gasteiger partial charge in [0.2, 0.25) is 0 Å². The highest BCUT2D eigenvalue weighted by atomic mass is 16.6. The van der Waals surface area contributed by atoms with E-state index in [2.05, 4.69) is 24.3 Å². The quantitative estimate of drug-likeness (QED) is 0.346. The SMILES string of the molecule is COC[C@H]1C[C@@H]2[C@H](CC[C@]3(C)C(=O)CC[C@@H]23)[C@@]2(C)CC/C(=N\O[C@@H]3CCNC3)C[C@H]12.O=C(O)/C=C/C(=O)O. The molecule has 3 N–H and O–H groups in total. The van der Waals surface area contributed by atoms with Gasteiger partial charge in [-0.2, -0.15) is 0 Å². The molecule has 0 aromatic carbocycles. The van der Waals surface area contributed by atoms with Crippen molar-refractivity contribution in [2.24, 2.45) is 45.6 Å². The van der Waals surface area contributed by atoms with Crippen LogP contribution in [-0.4, -0.2) is 66.6 Å². The Balaban J connectivity index is 0.000000368. The van der Waals surface area contributed by atoms with Crippen LogP contribution in [0.3, 0.4) is 0 Å². The number of methoxy groups -OCH3 is 1. The van der Waals surface area contributed by atoms with E-state index in [-0.39, 0.29) is 11.5 Å². The Hall–Kier alpha value is -2.26. The molecule has 0 radical (unpaired) electrons. The summed E-state index contributed by atoms with van der Waals surface area (Å²) in [5.41, 5.74) is 1.56. The van der Waals surface area contributed by atoms with Gasteiger partial charge in [0, 0.05) is 50.7 Å². The predicted molar refractivity (Wildman–Crippen MR) is 142 cm³/mol. The van der Waals surface area contributed by atoms with E-state index in [1.54, 1.807) is 0 Å². The fourth-order valence-corrected chi connectivity index (χ4v) is 8.56. The number of carbonyl (C=O) groups excluding carboxylic acids is 1. The lowest BCUT2D eigenvalue weighted by molar-refractivity contribution is -0.146. The number of nitrogens with zero attached hydrogens (tertiary/aromatic N) is 1. The average molecular weight is 533 g/mol. The van der Waals surface area contributed by atoms with Crippen LogP contribution >= 0.6 is 0 Å². The Bertz CT molecular complexity index is 943. The summed E-state index contributed by atoms with van der Waals surface area (Å²) < 4.78 is 5.74. The molecule has 4 aliphatic carbocycles. The molecule has 5 fully saturated rings. The summed E-state index contributed by atoms with van der Waals surface area (Å²) in [6.45, 7) is 7.64. The first-order chi connectivity index (χ1) is 18.1. The summed E-state index contributed by atoms with van der Waals surface area (Å²) in [5.74, 6) is 1.25. The van der Waals surface area contributed by atoms with E-state index in [9.17, 15) is 14.4 Å². The first kappa shape index (κ1) is 28.7. The number of nitrogens with one attached hydrogen (secondary N) is 1. The highest BCUT2D eigenvalue weighted by Gasteiger charge is 2.62. The van der Waals surface area contributed by atoms with Gasteiger partial charge in [0.1, 0.15) is 11.9 Å². The fourth-order valence-electron chi connectivity index (χ4n) is 8.56. The summed E-state index contributed by atoms with van der Waals surface area (Å²) in [6, 6.07) is 0. The molecule has 8 atom stereocenters. The van der Waals surface area contributed by atoms with Gasteiger partial charge in [0.05, 0.1) is 5.71 Å². The van der Waals surface area contributed by atoms with Crippen molar-refractivity contribution in [2.45, 2.75) is 77.7 Å². The fraction of sp³-hybridized carbons (Fsp3) is 0.793. The van der Waals surface area contributed by atoms with Crippen molar-refractivity contribution in [2.75, 3.05) is 26.8 Å². The number of ketones is 1. The second-order valence-corrected chi connectivity index (χ2v) is 12.4. The molecule has 9 nitrogen and oxygen atoms in total. The van der Waals surface area contributed by atoms with Crippen LogP contribution in [0.1, 0.15) is 71.6 Å². The van der Waals surface area contributed by atoms with Gasteiger partial charge in [0.15, 0.2) is 0 Å². The smallest absolute Gasteiger partial charge is 0.328 e. The number of rotatable bonds is 6. The molecule has 1 saturated heterocycles. The topological polar surface area (TPSA) is 135 Å². The minimum absolute atomic E-state index is 0.0492. The molecule has 1 aliphatic heterocycles. The van der Waals surface area contributed by atoms with Crippen molar-refractivity contribution in [1.82, 2.24) is 5.32 Å². The minimum Gasteiger partial charge on any atom is -0.478 e. The number of oxime groups is 1. The molecule has 9 heteroatoms. The van der Waals surface area contributed by atoms with Crippen LogP contribution in [0, 0.1) is 40.4 Å². The number of ether oxygens (including phenoxy) is 1. The lowest BCUT2D eigenvalue weighted by atomic mass is 9.43. The van der Waals surface area contributed by atoms with E-state index in [0.717, 1.165) is 64.1 Å². The molecule has 1 heterocycles. The van der Waals surface area contributed by atoms with E-state index in [0.29, 0.717) is 47.0 Å².